The van der Waals surface area contributed by atoms with Crippen LogP contribution in [-0.2, 0) is 6.54 Å². The maximum atomic E-state index is 5.92. The highest BCUT2D eigenvalue weighted by molar-refractivity contribution is 5.41. The molecule has 3 heteroatoms. The molecule has 0 spiro atoms. The highest BCUT2D eigenvalue weighted by Gasteiger charge is 2.20. The number of hydrogen-bond donors (Lipinski definition) is 1. The zero-order valence-corrected chi connectivity index (χ0v) is 13.1. The maximum absolute atomic E-state index is 5.92. The van der Waals surface area contributed by atoms with Crippen LogP contribution in [-0.4, -0.2) is 18.8 Å². The van der Waals surface area contributed by atoms with Crippen LogP contribution in [0.5, 0.6) is 11.5 Å². The van der Waals surface area contributed by atoms with Crippen molar-refractivity contribution in [3.8, 4) is 11.5 Å². The molecule has 0 atom stereocenters. The number of nitrogens with one attached hydrogen (secondary N) is 1. The SMILES string of the molecule is CC(C)Oc1ccc(CNCC2CC2)c(OC(C)C)c1. The molecule has 0 heterocycles. The molecule has 0 radical (unpaired) electrons. The van der Waals surface area contributed by atoms with E-state index in [1.54, 1.807) is 0 Å². The fourth-order valence-corrected chi connectivity index (χ4v) is 2.12. The van der Waals surface area contributed by atoms with Crippen molar-refractivity contribution in [3.63, 3.8) is 0 Å². The fourth-order valence-electron chi connectivity index (χ4n) is 2.12. The van der Waals surface area contributed by atoms with E-state index >= 15 is 0 Å². The topological polar surface area (TPSA) is 30.5 Å². The lowest BCUT2D eigenvalue weighted by Crippen LogP contribution is -2.18. The second-order valence-electron chi connectivity index (χ2n) is 6.18. The molecule has 1 fully saturated rings. The summed E-state index contributed by atoms with van der Waals surface area (Å²) in [6, 6.07) is 6.14. The van der Waals surface area contributed by atoms with E-state index in [1.165, 1.54) is 18.4 Å². The molecule has 1 aliphatic carbocycles. The van der Waals surface area contributed by atoms with E-state index in [4.69, 9.17) is 9.47 Å². The van der Waals surface area contributed by atoms with Crippen molar-refractivity contribution in [1.29, 1.82) is 0 Å². The lowest BCUT2D eigenvalue weighted by molar-refractivity contribution is 0.227. The second-order valence-corrected chi connectivity index (χ2v) is 6.18. The zero-order valence-electron chi connectivity index (χ0n) is 13.1. The van der Waals surface area contributed by atoms with E-state index in [0.29, 0.717) is 0 Å². The van der Waals surface area contributed by atoms with Crippen molar-refractivity contribution >= 4 is 0 Å². The fraction of sp³-hybridized carbons (Fsp3) is 0.647. The summed E-state index contributed by atoms with van der Waals surface area (Å²) in [5.74, 6) is 2.70. The molecule has 0 saturated heterocycles. The minimum atomic E-state index is 0.173. The summed E-state index contributed by atoms with van der Waals surface area (Å²) in [6.45, 7) is 10.2. The summed E-state index contributed by atoms with van der Waals surface area (Å²) in [6.07, 6.45) is 3.11. The Bertz CT molecular complexity index is 425. The second kappa shape index (κ2) is 6.98. The van der Waals surface area contributed by atoms with E-state index < -0.39 is 0 Å². The molecule has 2 rings (SSSR count). The van der Waals surface area contributed by atoms with Crippen molar-refractivity contribution in [2.45, 2.75) is 59.3 Å². The lowest BCUT2D eigenvalue weighted by atomic mass is 10.2. The average molecular weight is 277 g/mol. The summed E-state index contributed by atoms with van der Waals surface area (Å²) < 4.78 is 11.7. The van der Waals surface area contributed by atoms with Gasteiger partial charge in [0.25, 0.3) is 0 Å². The zero-order chi connectivity index (χ0) is 14.5. The predicted octanol–water partition coefficient (Wildman–Crippen LogP) is 3.76. The van der Waals surface area contributed by atoms with Gasteiger partial charge in [0.1, 0.15) is 11.5 Å². The van der Waals surface area contributed by atoms with Gasteiger partial charge in [-0.3, -0.25) is 0 Å². The first kappa shape index (κ1) is 15.2. The van der Waals surface area contributed by atoms with Gasteiger partial charge < -0.3 is 14.8 Å². The summed E-state index contributed by atoms with van der Waals surface area (Å²) in [7, 11) is 0. The van der Waals surface area contributed by atoms with Crippen LogP contribution in [0.4, 0.5) is 0 Å². The number of hydrogen-bond acceptors (Lipinski definition) is 3. The third-order valence-corrected chi connectivity index (χ3v) is 3.22. The Morgan fingerprint density at radius 3 is 2.40 bits per heavy atom. The molecule has 1 N–H and O–H groups in total. The Hall–Kier alpha value is -1.22. The molecule has 112 valence electrons. The van der Waals surface area contributed by atoms with Gasteiger partial charge in [-0.1, -0.05) is 6.07 Å². The quantitative estimate of drug-likeness (QED) is 0.785. The number of benzene rings is 1. The van der Waals surface area contributed by atoms with E-state index in [1.807, 2.05) is 26.0 Å². The van der Waals surface area contributed by atoms with Gasteiger partial charge in [-0.05, 0) is 59.1 Å². The van der Waals surface area contributed by atoms with Gasteiger partial charge in [-0.25, -0.2) is 0 Å². The van der Waals surface area contributed by atoms with Crippen LogP contribution in [0, 0.1) is 5.92 Å². The maximum Gasteiger partial charge on any atom is 0.127 e. The Labute approximate surface area is 122 Å². The van der Waals surface area contributed by atoms with Gasteiger partial charge in [0.05, 0.1) is 12.2 Å². The van der Waals surface area contributed by atoms with Gasteiger partial charge in [0, 0.05) is 18.2 Å². The standard InChI is InChI=1S/C17H27NO2/c1-12(2)19-16-8-7-15(11-18-10-14-5-6-14)17(9-16)20-13(3)4/h7-9,12-14,18H,5-6,10-11H2,1-4H3. The monoisotopic (exact) mass is 277 g/mol. The first-order valence-electron chi connectivity index (χ1n) is 7.71. The van der Waals surface area contributed by atoms with E-state index in [-0.39, 0.29) is 12.2 Å². The highest BCUT2D eigenvalue weighted by atomic mass is 16.5. The van der Waals surface area contributed by atoms with E-state index in [2.05, 4.69) is 25.2 Å². The summed E-state index contributed by atoms with van der Waals surface area (Å²) in [5.41, 5.74) is 1.20. The van der Waals surface area contributed by atoms with Crippen LogP contribution >= 0.6 is 0 Å². The van der Waals surface area contributed by atoms with Gasteiger partial charge >= 0.3 is 0 Å². The molecule has 0 bridgehead atoms. The van der Waals surface area contributed by atoms with Crippen LogP contribution in [0.25, 0.3) is 0 Å². The third-order valence-electron chi connectivity index (χ3n) is 3.22. The Kier molecular flexibility index (Phi) is 5.30. The van der Waals surface area contributed by atoms with Crippen LogP contribution in [0.15, 0.2) is 18.2 Å². The Balaban J connectivity index is 2.02. The van der Waals surface area contributed by atoms with Crippen molar-refractivity contribution in [2.75, 3.05) is 6.54 Å². The van der Waals surface area contributed by atoms with Gasteiger partial charge in [0.15, 0.2) is 0 Å². The predicted molar refractivity (Wildman–Crippen MR) is 82.4 cm³/mol. The average Bonchev–Trinajstić information content (AvgIpc) is 3.14. The van der Waals surface area contributed by atoms with Gasteiger partial charge in [-0.2, -0.15) is 0 Å². The van der Waals surface area contributed by atoms with Crippen molar-refractivity contribution < 1.29 is 9.47 Å². The van der Waals surface area contributed by atoms with Crippen LogP contribution in [0.2, 0.25) is 0 Å². The smallest absolute Gasteiger partial charge is 0.127 e. The lowest BCUT2D eigenvalue weighted by Gasteiger charge is -2.17. The largest absolute Gasteiger partial charge is 0.491 e. The van der Waals surface area contributed by atoms with E-state index in [0.717, 1.165) is 30.5 Å². The molecule has 0 aliphatic heterocycles. The van der Waals surface area contributed by atoms with Gasteiger partial charge in [-0.15, -0.1) is 0 Å². The Morgan fingerprint density at radius 1 is 1.10 bits per heavy atom. The first-order valence-corrected chi connectivity index (χ1v) is 7.71. The molecule has 1 aliphatic rings. The van der Waals surface area contributed by atoms with Crippen LogP contribution in [0.1, 0.15) is 46.1 Å². The minimum absolute atomic E-state index is 0.173. The number of ether oxygens (including phenoxy) is 2. The van der Waals surface area contributed by atoms with Crippen molar-refractivity contribution in [2.24, 2.45) is 5.92 Å². The molecular weight excluding hydrogens is 250 g/mol. The molecule has 3 nitrogen and oxygen atoms in total. The normalized spacial score (nSPS) is 14.9. The molecule has 0 aromatic heterocycles. The van der Waals surface area contributed by atoms with Crippen molar-refractivity contribution in [3.05, 3.63) is 23.8 Å². The molecular formula is C17H27NO2. The number of rotatable bonds is 8. The molecule has 1 aromatic carbocycles. The molecule has 0 unspecified atom stereocenters. The highest BCUT2D eigenvalue weighted by Crippen LogP contribution is 2.29. The molecule has 20 heavy (non-hydrogen) atoms. The van der Waals surface area contributed by atoms with Crippen LogP contribution < -0.4 is 14.8 Å². The molecule has 1 saturated carbocycles. The minimum Gasteiger partial charge on any atom is -0.491 e. The first-order chi connectivity index (χ1) is 9.54. The van der Waals surface area contributed by atoms with Crippen LogP contribution in [0.3, 0.4) is 0 Å². The van der Waals surface area contributed by atoms with Crippen molar-refractivity contribution in [1.82, 2.24) is 5.32 Å². The molecule has 1 aromatic rings. The van der Waals surface area contributed by atoms with E-state index in [9.17, 15) is 0 Å². The summed E-state index contributed by atoms with van der Waals surface area (Å²) >= 11 is 0. The van der Waals surface area contributed by atoms with Gasteiger partial charge in [0.2, 0.25) is 0 Å². The molecule has 0 amide bonds. The summed E-state index contributed by atoms with van der Waals surface area (Å²) in [4.78, 5) is 0. The Morgan fingerprint density at radius 2 is 1.80 bits per heavy atom. The summed E-state index contributed by atoms with van der Waals surface area (Å²) in [5, 5.41) is 3.52. The third kappa shape index (κ3) is 5.04.